The van der Waals surface area contributed by atoms with E-state index in [0.717, 1.165) is 27.9 Å². The number of aromatic nitrogens is 1. The lowest BCUT2D eigenvalue weighted by Gasteiger charge is -2.23. The maximum Gasteiger partial charge on any atom is 0.234 e. The lowest BCUT2D eigenvalue weighted by molar-refractivity contribution is -0.131. The maximum absolute atomic E-state index is 13.4. The number of ether oxygens (including phenoxy) is 2. The molecule has 6 rings (SSSR count). The summed E-state index contributed by atoms with van der Waals surface area (Å²) < 4.78 is 11.5. The van der Waals surface area contributed by atoms with Crippen LogP contribution in [0.15, 0.2) is 66.9 Å². The van der Waals surface area contributed by atoms with E-state index in [1.54, 1.807) is 12.0 Å². The van der Waals surface area contributed by atoms with Crippen molar-refractivity contribution in [1.29, 1.82) is 0 Å². The number of aromatic amines is 1. The molecule has 2 aromatic carbocycles. The first-order valence-corrected chi connectivity index (χ1v) is 11.2. The van der Waals surface area contributed by atoms with Crippen molar-refractivity contribution in [2.45, 2.75) is 18.1 Å². The van der Waals surface area contributed by atoms with E-state index in [4.69, 9.17) is 9.47 Å². The second-order valence-electron chi connectivity index (χ2n) is 8.92. The molecule has 1 unspecified atom stereocenters. The van der Waals surface area contributed by atoms with Gasteiger partial charge in [-0.05, 0) is 42.3 Å². The summed E-state index contributed by atoms with van der Waals surface area (Å²) in [6.45, 7) is 0.915. The summed E-state index contributed by atoms with van der Waals surface area (Å²) in [6.07, 6.45) is 6.25. The van der Waals surface area contributed by atoms with Crippen LogP contribution in [0.3, 0.4) is 0 Å². The summed E-state index contributed by atoms with van der Waals surface area (Å²) in [5, 5.41) is 4.22. The number of hydrogen-bond acceptors (Lipinski definition) is 4. The highest BCUT2D eigenvalue weighted by Gasteiger charge is 2.67. The van der Waals surface area contributed by atoms with Gasteiger partial charge >= 0.3 is 0 Å². The topological polar surface area (TPSA) is 83.7 Å². The van der Waals surface area contributed by atoms with E-state index in [0.29, 0.717) is 19.5 Å². The van der Waals surface area contributed by atoms with Crippen molar-refractivity contribution in [2.75, 3.05) is 25.1 Å². The molecule has 3 aromatic rings. The summed E-state index contributed by atoms with van der Waals surface area (Å²) in [4.78, 5) is 31.7. The van der Waals surface area contributed by atoms with Gasteiger partial charge in [0.1, 0.15) is 11.4 Å². The van der Waals surface area contributed by atoms with E-state index in [9.17, 15) is 9.59 Å². The fourth-order valence-corrected chi connectivity index (χ4v) is 5.56. The van der Waals surface area contributed by atoms with Gasteiger partial charge in [0.05, 0.1) is 31.6 Å². The molecule has 3 aliphatic rings. The monoisotopic (exact) mass is 443 g/mol. The smallest absolute Gasteiger partial charge is 0.234 e. The van der Waals surface area contributed by atoms with Crippen LogP contribution in [0, 0.1) is 11.8 Å². The van der Waals surface area contributed by atoms with Gasteiger partial charge in [0.15, 0.2) is 0 Å². The molecule has 2 fully saturated rings. The van der Waals surface area contributed by atoms with Gasteiger partial charge in [-0.25, -0.2) is 0 Å². The molecular formula is C26H25N3O4. The molecule has 0 aliphatic carbocycles. The molecule has 7 heteroatoms. The van der Waals surface area contributed by atoms with Crippen LogP contribution >= 0.6 is 0 Å². The highest BCUT2D eigenvalue weighted by atomic mass is 16.5. The SMILES string of the molecule is COc1ccc(N2C[C@@]34C=C[C@@H](O3)C(C(=O)NCCc3c[nH]c5ccccc35)[C@H]4C2=O)cc1. The number of benzene rings is 2. The lowest BCUT2D eigenvalue weighted by atomic mass is 9.77. The fraction of sp³-hybridized carbons (Fsp3) is 0.308. The van der Waals surface area contributed by atoms with Crippen molar-refractivity contribution in [1.82, 2.24) is 10.3 Å². The second-order valence-corrected chi connectivity index (χ2v) is 8.92. The molecule has 3 aliphatic heterocycles. The summed E-state index contributed by atoms with van der Waals surface area (Å²) in [5.74, 6) is -0.491. The Labute approximate surface area is 191 Å². The number of carbonyl (C=O) groups is 2. The number of methoxy groups -OCH3 is 1. The molecule has 4 heterocycles. The third-order valence-electron chi connectivity index (χ3n) is 7.16. The molecule has 2 amide bonds. The maximum atomic E-state index is 13.4. The van der Waals surface area contributed by atoms with Crippen molar-refractivity contribution in [3.63, 3.8) is 0 Å². The number of para-hydroxylation sites is 1. The van der Waals surface area contributed by atoms with E-state index in [1.807, 2.05) is 60.8 Å². The summed E-state index contributed by atoms with van der Waals surface area (Å²) in [7, 11) is 1.61. The normalized spacial score (nSPS) is 27.4. The van der Waals surface area contributed by atoms with Gasteiger partial charge in [-0.2, -0.15) is 0 Å². The van der Waals surface area contributed by atoms with Crippen LogP contribution < -0.4 is 15.0 Å². The van der Waals surface area contributed by atoms with Crippen LogP contribution in [0.4, 0.5) is 5.69 Å². The molecule has 1 aromatic heterocycles. The van der Waals surface area contributed by atoms with Crippen LogP contribution in [0.2, 0.25) is 0 Å². The first-order valence-electron chi connectivity index (χ1n) is 11.2. The van der Waals surface area contributed by atoms with E-state index in [-0.39, 0.29) is 17.9 Å². The molecule has 2 N–H and O–H groups in total. The highest BCUT2D eigenvalue weighted by molar-refractivity contribution is 6.03. The Hall–Kier alpha value is -3.58. The molecule has 7 nitrogen and oxygen atoms in total. The van der Waals surface area contributed by atoms with Gasteiger partial charge < -0.3 is 24.7 Å². The quantitative estimate of drug-likeness (QED) is 0.574. The zero-order chi connectivity index (χ0) is 22.6. The number of anilines is 1. The van der Waals surface area contributed by atoms with Crippen LogP contribution in [-0.4, -0.2) is 48.7 Å². The standard InChI is InChI=1S/C26H25N3O4/c1-32-18-8-6-17(7-9-18)29-15-26-12-10-21(33-26)22(23(26)25(29)31)24(30)27-13-11-16-14-28-20-5-3-2-4-19(16)20/h2-10,12,14,21-23,28H,11,13,15H2,1H3,(H,27,30)/t21-,22?,23+,26-/m1/s1. The molecule has 0 saturated carbocycles. The molecule has 4 atom stereocenters. The van der Waals surface area contributed by atoms with Crippen LogP contribution in [0.1, 0.15) is 5.56 Å². The Morgan fingerprint density at radius 3 is 2.88 bits per heavy atom. The molecule has 168 valence electrons. The summed E-state index contributed by atoms with van der Waals surface area (Å²) in [6, 6.07) is 15.5. The Morgan fingerprint density at radius 1 is 1.24 bits per heavy atom. The van der Waals surface area contributed by atoms with Gasteiger partial charge in [-0.3, -0.25) is 9.59 Å². The lowest BCUT2D eigenvalue weighted by Crippen LogP contribution is -2.44. The van der Waals surface area contributed by atoms with Crippen molar-refractivity contribution in [3.05, 3.63) is 72.4 Å². The zero-order valence-electron chi connectivity index (χ0n) is 18.3. The molecule has 0 radical (unpaired) electrons. The molecule has 2 saturated heterocycles. The minimum absolute atomic E-state index is 0.0659. The van der Waals surface area contributed by atoms with Gasteiger partial charge in [-0.15, -0.1) is 0 Å². The number of fused-ring (bicyclic) bond motifs is 2. The van der Waals surface area contributed by atoms with Crippen molar-refractivity contribution in [2.24, 2.45) is 11.8 Å². The van der Waals surface area contributed by atoms with Gasteiger partial charge in [0, 0.05) is 29.3 Å². The van der Waals surface area contributed by atoms with Gasteiger partial charge in [-0.1, -0.05) is 30.4 Å². The number of carbonyl (C=O) groups excluding carboxylic acids is 2. The number of amides is 2. The average molecular weight is 444 g/mol. The average Bonchev–Trinajstić information content (AvgIpc) is 3.59. The van der Waals surface area contributed by atoms with E-state index in [2.05, 4.69) is 16.4 Å². The minimum atomic E-state index is -0.736. The van der Waals surface area contributed by atoms with Gasteiger partial charge in [0.2, 0.25) is 11.8 Å². The predicted molar refractivity (Wildman–Crippen MR) is 124 cm³/mol. The summed E-state index contributed by atoms with van der Waals surface area (Å²) in [5.41, 5.74) is 2.29. The molecule has 2 bridgehead atoms. The third-order valence-corrected chi connectivity index (χ3v) is 7.16. The Kier molecular flexibility index (Phi) is 4.55. The molecule has 1 spiro atoms. The van der Waals surface area contributed by atoms with Gasteiger partial charge in [0.25, 0.3) is 0 Å². The second kappa shape index (κ2) is 7.49. The summed E-state index contributed by atoms with van der Waals surface area (Å²) >= 11 is 0. The Balaban J connectivity index is 1.17. The number of H-pyrrole nitrogens is 1. The number of nitrogens with one attached hydrogen (secondary N) is 2. The third kappa shape index (κ3) is 3.07. The Morgan fingerprint density at radius 2 is 2.06 bits per heavy atom. The molecule has 33 heavy (non-hydrogen) atoms. The minimum Gasteiger partial charge on any atom is -0.497 e. The van der Waals surface area contributed by atoms with Crippen molar-refractivity contribution >= 4 is 28.4 Å². The van der Waals surface area contributed by atoms with E-state index < -0.39 is 17.4 Å². The van der Waals surface area contributed by atoms with Crippen molar-refractivity contribution in [3.8, 4) is 5.75 Å². The number of nitrogens with zero attached hydrogens (tertiary/aromatic N) is 1. The van der Waals surface area contributed by atoms with Crippen LogP contribution in [0.5, 0.6) is 5.75 Å². The zero-order valence-corrected chi connectivity index (χ0v) is 18.3. The Bertz CT molecular complexity index is 1260. The first-order chi connectivity index (χ1) is 16.1. The van der Waals surface area contributed by atoms with Crippen LogP contribution in [-0.2, 0) is 20.7 Å². The first kappa shape index (κ1) is 20.1. The number of rotatable bonds is 6. The predicted octanol–water partition coefficient (Wildman–Crippen LogP) is 2.82. The highest BCUT2D eigenvalue weighted by Crippen LogP contribution is 2.52. The number of hydrogen-bond donors (Lipinski definition) is 2. The van der Waals surface area contributed by atoms with E-state index >= 15 is 0 Å². The van der Waals surface area contributed by atoms with Crippen LogP contribution in [0.25, 0.3) is 10.9 Å². The van der Waals surface area contributed by atoms with E-state index in [1.165, 1.54) is 0 Å². The fourth-order valence-electron chi connectivity index (χ4n) is 5.56. The largest absolute Gasteiger partial charge is 0.497 e. The van der Waals surface area contributed by atoms with Crippen molar-refractivity contribution < 1.29 is 19.1 Å². The molecular weight excluding hydrogens is 418 g/mol.